The first-order valence-corrected chi connectivity index (χ1v) is 12.6. The number of imidazole rings is 1. The molecule has 188 valence electrons. The summed E-state index contributed by atoms with van der Waals surface area (Å²) in [6, 6.07) is 17.5. The molecule has 8 heteroatoms. The lowest BCUT2D eigenvalue weighted by atomic mass is 9.84. The third kappa shape index (κ3) is 6.68. The standard InChI is InChI=1S/C28H32ClN5O2/c1-27(2,36)15-9-4-10-16-28(26-31-19-24(29)33-26,17-20-11-5-3-6-12-20)34-25(35)23-18-30-21-13-7-8-14-22(21)32-23/h3,5-8,11-14,18-19,36H,4,9-10,15-17H2,1-2H3,(H,31,33)(H,34,35)/t28-/m0/s1. The molecular formula is C28H32ClN5O2. The van der Waals surface area contributed by atoms with Crippen LogP contribution in [0.3, 0.4) is 0 Å². The maximum absolute atomic E-state index is 13.6. The van der Waals surface area contributed by atoms with Gasteiger partial charge < -0.3 is 15.4 Å². The van der Waals surface area contributed by atoms with Gasteiger partial charge >= 0.3 is 0 Å². The smallest absolute Gasteiger partial charge is 0.272 e. The van der Waals surface area contributed by atoms with Gasteiger partial charge in [0.05, 0.1) is 29.0 Å². The first-order valence-electron chi connectivity index (χ1n) is 12.3. The van der Waals surface area contributed by atoms with E-state index in [4.69, 9.17) is 11.6 Å². The predicted octanol–water partition coefficient (Wildman–Crippen LogP) is 5.60. The summed E-state index contributed by atoms with van der Waals surface area (Å²) >= 11 is 6.24. The van der Waals surface area contributed by atoms with E-state index >= 15 is 0 Å². The lowest BCUT2D eigenvalue weighted by Crippen LogP contribution is -2.48. The van der Waals surface area contributed by atoms with Crippen LogP contribution in [0.15, 0.2) is 67.0 Å². The van der Waals surface area contributed by atoms with Crippen molar-refractivity contribution < 1.29 is 9.90 Å². The number of aromatic nitrogens is 4. The number of carbonyl (C=O) groups excluding carboxylic acids is 1. The largest absolute Gasteiger partial charge is 0.390 e. The van der Waals surface area contributed by atoms with Crippen LogP contribution in [0.4, 0.5) is 0 Å². The first-order chi connectivity index (χ1) is 17.2. The van der Waals surface area contributed by atoms with Gasteiger partial charge in [0.1, 0.15) is 22.2 Å². The highest BCUT2D eigenvalue weighted by Crippen LogP contribution is 2.32. The third-order valence-corrected chi connectivity index (χ3v) is 6.47. The molecule has 0 bridgehead atoms. The fourth-order valence-electron chi connectivity index (χ4n) is 4.45. The molecule has 0 saturated carbocycles. The number of fused-ring (bicyclic) bond motifs is 1. The number of H-pyrrole nitrogens is 1. The van der Waals surface area contributed by atoms with Crippen LogP contribution >= 0.6 is 11.6 Å². The summed E-state index contributed by atoms with van der Waals surface area (Å²) in [7, 11) is 0. The molecule has 7 nitrogen and oxygen atoms in total. The van der Waals surface area contributed by atoms with Gasteiger partial charge in [-0.05, 0) is 44.4 Å². The van der Waals surface area contributed by atoms with E-state index in [1.54, 1.807) is 6.20 Å². The molecule has 0 aliphatic heterocycles. The number of hydrogen-bond acceptors (Lipinski definition) is 5. The highest BCUT2D eigenvalue weighted by atomic mass is 35.5. The van der Waals surface area contributed by atoms with Crippen LogP contribution in [0.2, 0.25) is 5.15 Å². The fourth-order valence-corrected chi connectivity index (χ4v) is 4.59. The van der Waals surface area contributed by atoms with Gasteiger partial charge in [0.2, 0.25) is 0 Å². The molecule has 2 aromatic heterocycles. The number of nitrogens with zero attached hydrogens (tertiary/aromatic N) is 3. The molecule has 0 unspecified atom stereocenters. The lowest BCUT2D eigenvalue weighted by molar-refractivity contribution is 0.0677. The third-order valence-electron chi connectivity index (χ3n) is 6.27. The number of aliphatic hydroxyl groups is 1. The predicted molar refractivity (Wildman–Crippen MR) is 142 cm³/mol. The number of aromatic amines is 1. The Labute approximate surface area is 216 Å². The minimum Gasteiger partial charge on any atom is -0.390 e. The summed E-state index contributed by atoms with van der Waals surface area (Å²) < 4.78 is 0. The maximum Gasteiger partial charge on any atom is 0.272 e. The topological polar surface area (TPSA) is 104 Å². The van der Waals surface area contributed by atoms with E-state index in [0.717, 1.165) is 30.3 Å². The van der Waals surface area contributed by atoms with Crippen LogP contribution in [0.1, 0.15) is 67.8 Å². The van der Waals surface area contributed by atoms with E-state index in [-0.39, 0.29) is 11.6 Å². The number of unbranched alkanes of at least 4 members (excludes halogenated alkanes) is 2. The second-order valence-corrected chi connectivity index (χ2v) is 10.3. The van der Waals surface area contributed by atoms with Crippen molar-refractivity contribution in [3.05, 3.63) is 89.2 Å². The molecule has 2 aromatic carbocycles. The van der Waals surface area contributed by atoms with Gasteiger partial charge in [-0.3, -0.25) is 9.78 Å². The maximum atomic E-state index is 13.6. The number of hydrogen-bond donors (Lipinski definition) is 3. The molecule has 4 rings (SSSR count). The molecule has 36 heavy (non-hydrogen) atoms. The average molecular weight is 506 g/mol. The molecular weight excluding hydrogens is 474 g/mol. The Morgan fingerprint density at radius 2 is 1.64 bits per heavy atom. The van der Waals surface area contributed by atoms with Crippen molar-refractivity contribution >= 4 is 28.5 Å². The van der Waals surface area contributed by atoms with Crippen molar-refractivity contribution in [3.8, 4) is 0 Å². The molecule has 0 radical (unpaired) electrons. The van der Waals surface area contributed by atoms with Gasteiger partial charge in [-0.15, -0.1) is 0 Å². The summed E-state index contributed by atoms with van der Waals surface area (Å²) in [5, 5.41) is 13.7. The van der Waals surface area contributed by atoms with Gasteiger partial charge in [-0.1, -0.05) is 73.3 Å². The summed E-state index contributed by atoms with van der Waals surface area (Å²) in [6.45, 7) is 3.64. The van der Waals surface area contributed by atoms with Crippen LogP contribution in [0, 0.1) is 0 Å². The SMILES string of the molecule is CC(C)(O)CCCCC[C@@](Cc1ccccc1)(NC(=O)c1cnc2ccccc2n1)c1ncc(Cl)[nH]1. The quantitative estimate of drug-likeness (QED) is 0.230. The Morgan fingerprint density at radius 3 is 2.33 bits per heavy atom. The molecule has 1 amide bonds. The van der Waals surface area contributed by atoms with E-state index in [2.05, 4.69) is 25.3 Å². The Kier molecular flexibility index (Phi) is 8.01. The van der Waals surface area contributed by atoms with Crippen molar-refractivity contribution in [1.82, 2.24) is 25.3 Å². The molecule has 2 heterocycles. The zero-order chi connectivity index (χ0) is 25.6. The Balaban J connectivity index is 1.65. The van der Waals surface area contributed by atoms with Crippen molar-refractivity contribution in [3.63, 3.8) is 0 Å². The highest BCUT2D eigenvalue weighted by molar-refractivity contribution is 6.29. The number of carbonyl (C=O) groups is 1. The molecule has 0 aliphatic rings. The van der Waals surface area contributed by atoms with Crippen LogP contribution in [0.5, 0.6) is 0 Å². The fraction of sp³-hybridized carbons (Fsp3) is 0.357. The van der Waals surface area contributed by atoms with E-state index < -0.39 is 11.1 Å². The zero-order valence-electron chi connectivity index (χ0n) is 20.7. The second-order valence-electron chi connectivity index (χ2n) is 9.90. The molecule has 4 aromatic rings. The first kappa shape index (κ1) is 25.8. The summed E-state index contributed by atoms with van der Waals surface area (Å²) in [5.41, 5.74) is 1.16. The van der Waals surface area contributed by atoms with Crippen molar-refractivity contribution in [2.75, 3.05) is 0 Å². The van der Waals surface area contributed by atoms with Crippen LogP contribution in [0.25, 0.3) is 11.0 Å². The molecule has 0 saturated heterocycles. The van der Waals surface area contributed by atoms with Crippen molar-refractivity contribution in [1.29, 1.82) is 0 Å². The number of halogens is 1. The van der Waals surface area contributed by atoms with Crippen LogP contribution in [-0.4, -0.2) is 36.6 Å². The van der Waals surface area contributed by atoms with Gasteiger partial charge in [-0.2, -0.15) is 0 Å². The van der Waals surface area contributed by atoms with Crippen molar-refractivity contribution in [2.24, 2.45) is 0 Å². The molecule has 1 atom stereocenters. The lowest BCUT2D eigenvalue weighted by Gasteiger charge is -2.33. The van der Waals surface area contributed by atoms with Crippen molar-refractivity contribution in [2.45, 2.75) is 63.5 Å². The van der Waals surface area contributed by atoms with Gasteiger partial charge in [0.25, 0.3) is 5.91 Å². The minimum atomic E-state index is -0.840. The minimum absolute atomic E-state index is 0.241. The zero-order valence-corrected chi connectivity index (χ0v) is 21.4. The summed E-state index contributed by atoms with van der Waals surface area (Å²) in [4.78, 5) is 30.2. The molecule has 0 fully saturated rings. The second kappa shape index (κ2) is 11.2. The normalized spacial score (nSPS) is 13.4. The number of nitrogens with one attached hydrogen (secondary N) is 2. The van der Waals surface area contributed by atoms with Crippen LogP contribution < -0.4 is 5.32 Å². The van der Waals surface area contributed by atoms with Gasteiger partial charge in [0.15, 0.2) is 0 Å². The number of amides is 1. The number of rotatable bonds is 11. The van der Waals surface area contributed by atoms with Gasteiger partial charge in [0, 0.05) is 6.42 Å². The monoisotopic (exact) mass is 505 g/mol. The van der Waals surface area contributed by atoms with E-state index in [1.165, 1.54) is 6.20 Å². The molecule has 3 N–H and O–H groups in total. The van der Waals surface area contributed by atoms with Gasteiger partial charge in [-0.25, -0.2) is 9.97 Å². The Morgan fingerprint density at radius 1 is 0.944 bits per heavy atom. The Bertz CT molecular complexity index is 1300. The van der Waals surface area contributed by atoms with E-state index in [1.807, 2.05) is 68.4 Å². The number of benzene rings is 2. The molecule has 0 aliphatic carbocycles. The molecule has 0 spiro atoms. The van der Waals surface area contributed by atoms with Crippen LogP contribution in [-0.2, 0) is 12.0 Å². The summed E-state index contributed by atoms with van der Waals surface area (Å²) in [6.07, 6.45) is 7.54. The summed E-state index contributed by atoms with van der Waals surface area (Å²) in [5.74, 6) is 0.272. The average Bonchev–Trinajstić information content (AvgIpc) is 3.30. The highest BCUT2D eigenvalue weighted by Gasteiger charge is 2.37. The number of para-hydroxylation sites is 2. The van der Waals surface area contributed by atoms with E-state index in [9.17, 15) is 9.90 Å². The Hall–Kier alpha value is -3.29. The van der Waals surface area contributed by atoms with E-state index in [0.29, 0.717) is 35.8 Å².